The van der Waals surface area contributed by atoms with Crippen LogP contribution >= 0.6 is 0 Å². The molecule has 0 radical (unpaired) electrons. The van der Waals surface area contributed by atoms with Gasteiger partial charge in [0.05, 0.1) is 17.7 Å². The minimum absolute atomic E-state index is 0.299. The Kier molecular flexibility index (Phi) is 5.57. The summed E-state index contributed by atoms with van der Waals surface area (Å²) in [5.74, 6) is 1.04. The molecule has 4 rings (SSSR count). The van der Waals surface area contributed by atoms with Crippen molar-refractivity contribution in [2.45, 2.75) is 13.8 Å². The van der Waals surface area contributed by atoms with Crippen molar-refractivity contribution in [1.82, 2.24) is 9.97 Å². The lowest BCUT2D eigenvalue weighted by Gasteiger charge is -2.08. The van der Waals surface area contributed by atoms with Crippen LogP contribution in [0, 0.1) is 19.7 Å². The molecule has 2 N–H and O–H groups in total. The SMILES string of the molecule is Cc1c[nH]c(-c2cc(Oc3ccc(NC=Nc4cc(C)ccc4F)cc3)ccn2)c1. The summed E-state index contributed by atoms with van der Waals surface area (Å²) >= 11 is 0. The number of nitrogens with zero attached hydrogens (tertiary/aromatic N) is 2. The molecule has 2 aromatic heterocycles. The molecule has 0 aliphatic rings. The largest absolute Gasteiger partial charge is 0.457 e. The van der Waals surface area contributed by atoms with Gasteiger partial charge in [0.2, 0.25) is 0 Å². The van der Waals surface area contributed by atoms with Crippen LogP contribution in [0.15, 0.2) is 78.0 Å². The number of aromatic amines is 1. The van der Waals surface area contributed by atoms with Crippen LogP contribution in [0.4, 0.5) is 15.8 Å². The fourth-order valence-electron chi connectivity index (χ4n) is 2.93. The van der Waals surface area contributed by atoms with Gasteiger partial charge in [-0.25, -0.2) is 9.38 Å². The minimum atomic E-state index is -0.353. The fourth-order valence-corrected chi connectivity index (χ4v) is 2.93. The number of halogens is 1. The second-order valence-corrected chi connectivity index (χ2v) is 6.95. The minimum Gasteiger partial charge on any atom is -0.457 e. The van der Waals surface area contributed by atoms with Crippen LogP contribution in [0.2, 0.25) is 0 Å². The Bertz CT molecular complexity index is 1180. The van der Waals surface area contributed by atoms with Gasteiger partial charge in [-0.05, 0) is 73.5 Å². The highest BCUT2D eigenvalue weighted by Crippen LogP contribution is 2.26. The van der Waals surface area contributed by atoms with Gasteiger partial charge in [-0.15, -0.1) is 0 Å². The Morgan fingerprint density at radius 1 is 0.967 bits per heavy atom. The van der Waals surface area contributed by atoms with E-state index < -0.39 is 0 Å². The summed E-state index contributed by atoms with van der Waals surface area (Å²) in [5.41, 5.74) is 4.98. The first-order valence-electron chi connectivity index (χ1n) is 9.51. The van der Waals surface area contributed by atoms with E-state index in [-0.39, 0.29) is 5.82 Å². The van der Waals surface area contributed by atoms with E-state index in [2.05, 4.69) is 20.3 Å². The Morgan fingerprint density at radius 3 is 2.57 bits per heavy atom. The van der Waals surface area contributed by atoms with Gasteiger partial charge >= 0.3 is 0 Å². The molecule has 6 heteroatoms. The maximum absolute atomic E-state index is 13.7. The van der Waals surface area contributed by atoms with E-state index in [9.17, 15) is 4.39 Å². The van der Waals surface area contributed by atoms with E-state index in [1.165, 1.54) is 12.4 Å². The maximum atomic E-state index is 13.7. The van der Waals surface area contributed by atoms with Crippen LogP contribution in [-0.2, 0) is 0 Å². The predicted octanol–water partition coefficient (Wildman–Crippen LogP) is 6.40. The van der Waals surface area contributed by atoms with Gasteiger partial charge in [0, 0.05) is 24.1 Å². The van der Waals surface area contributed by atoms with Crippen molar-refractivity contribution in [3.8, 4) is 22.9 Å². The average Bonchev–Trinajstić information content (AvgIpc) is 3.18. The van der Waals surface area contributed by atoms with E-state index in [0.29, 0.717) is 17.2 Å². The molecule has 0 amide bonds. The number of benzene rings is 2. The van der Waals surface area contributed by atoms with Gasteiger partial charge in [-0.1, -0.05) is 6.07 Å². The summed E-state index contributed by atoms with van der Waals surface area (Å²) in [6, 6.07) is 18.0. The normalized spacial score (nSPS) is 11.0. The molecule has 0 aliphatic carbocycles. The first kappa shape index (κ1) is 19.4. The second-order valence-electron chi connectivity index (χ2n) is 6.95. The molecule has 0 bridgehead atoms. The average molecular weight is 400 g/mol. The van der Waals surface area contributed by atoms with E-state index in [1.807, 2.05) is 62.5 Å². The Hall–Kier alpha value is -3.93. The smallest absolute Gasteiger partial charge is 0.148 e. The van der Waals surface area contributed by atoms with Crippen LogP contribution in [0.5, 0.6) is 11.5 Å². The lowest BCUT2D eigenvalue weighted by molar-refractivity contribution is 0.482. The lowest BCUT2D eigenvalue weighted by Crippen LogP contribution is -1.94. The van der Waals surface area contributed by atoms with E-state index >= 15 is 0 Å². The van der Waals surface area contributed by atoms with Gasteiger partial charge in [0.1, 0.15) is 23.0 Å². The summed E-state index contributed by atoms with van der Waals surface area (Å²) in [6.45, 7) is 3.92. The number of H-pyrrole nitrogens is 1. The van der Waals surface area contributed by atoms with Crippen molar-refractivity contribution < 1.29 is 9.13 Å². The molecule has 5 nitrogen and oxygen atoms in total. The number of aliphatic imine (C=N–C) groups is 1. The highest BCUT2D eigenvalue weighted by molar-refractivity contribution is 5.78. The molecule has 0 saturated heterocycles. The number of aryl methyl sites for hydroxylation is 2. The highest BCUT2D eigenvalue weighted by Gasteiger charge is 2.05. The first-order chi connectivity index (χ1) is 14.6. The number of pyridine rings is 1. The Morgan fingerprint density at radius 2 is 1.80 bits per heavy atom. The molecule has 0 aliphatic heterocycles. The zero-order valence-corrected chi connectivity index (χ0v) is 16.7. The summed E-state index contributed by atoms with van der Waals surface area (Å²) in [5, 5.41) is 3.04. The van der Waals surface area contributed by atoms with Crippen LogP contribution in [-0.4, -0.2) is 16.3 Å². The third-order valence-corrected chi connectivity index (χ3v) is 4.46. The number of hydrogen-bond acceptors (Lipinski definition) is 3. The van der Waals surface area contributed by atoms with Crippen LogP contribution in [0.1, 0.15) is 11.1 Å². The number of hydrogen-bond donors (Lipinski definition) is 2. The summed E-state index contributed by atoms with van der Waals surface area (Å²) in [7, 11) is 0. The number of nitrogens with one attached hydrogen (secondary N) is 2. The van der Waals surface area contributed by atoms with Gasteiger partial charge in [0.15, 0.2) is 0 Å². The molecular formula is C24H21FN4O. The van der Waals surface area contributed by atoms with Gasteiger partial charge in [-0.2, -0.15) is 0 Å². The number of aromatic nitrogens is 2. The van der Waals surface area contributed by atoms with Crippen LogP contribution in [0.3, 0.4) is 0 Å². The van der Waals surface area contributed by atoms with Gasteiger partial charge in [0.25, 0.3) is 0 Å². The van der Waals surface area contributed by atoms with Crippen molar-refractivity contribution in [1.29, 1.82) is 0 Å². The zero-order chi connectivity index (χ0) is 20.9. The maximum Gasteiger partial charge on any atom is 0.148 e. The van der Waals surface area contributed by atoms with E-state index in [0.717, 1.165) is 28.2 Å². The molecule has 0 fully saturated rings. The van der Waals surface area contributed by atoms with Crippen LogP contribution in [0.25, 0.3) is 11.4 Å². The monoisotopic (exact) mass is 400 g/mol. The van der Waals surface area contributed by atoms with Crippen molar-refractivity contribution in [3.05, 3.63) is 90.0 Å². The van der Waals surface area contributed by atoms with Gasteiger partial charge in [-0.3, -0.25) is 4.98 Å². The first-order valence-corrected chi connectivity index (χ1v) is 9.51. The zero-order valence-electron chi connectivity index (χ0n) is 16.7. The second kappa shape index (κ2) is 8.61. The van der Waals surface area contributed by atoms with E-state index in [4.69, 9.17) is 4.74 Å². The third-order valence-electron chi connectivity index (χ3n) is 4.46. The van der Waals surface area contributed by atoms with Crippen molar-refractivity contribution >= 4 is 17.7 Å². The summed E-state index contributed by atoms with van der Waals surface area (Å²) < 4.78 is 19.7. The molecule has 0 saturated carbocycles. The molecule has 0 spiro atoms. The molecule has 2 aromatic carbocycles. The summed E-state index contributed by atoms with van der Waals surface area (Å²) in [4.78, 5) is 11.7. The predicted molar refractivity (Wildman–Crippen MR) is 118 cm³/mol. The molecule has 4 aromatic rings. The lowest BCUT2D eigenvalue weighted by atomic mass is 10.2. The van der Waals surface area contributed by atoms with Gasteiger partial charge < -0.3 is 15.0 Å². The number of rotatable bonds is 6. The molecule has 30 heavy (non-hydrogen) atoms. The standard InChI is InChI=1S/C24H21FN4O/c1-16-3-8-21(25)22(11-16)29-15-28-18-4-6-19(7-5-18)30-20-9-10-26-24(13-20)23-12-17(2)14-27-23/h3-15,27H,1-2H3,(H,28,29). The van der Waals surface area contributed by atoms with Crippen molar-refractivity contribution in [3.63, 3.8) is 0 Å². The summed E-state index contributed by atoms with van der Waals surface area (Å²) in [6.07, 6.45) is 5.13. The fraction of sp³-hybridized carbons (Fsp3) is 0.0833. The molecular weight excluding hydrogens is 379 g/mol. The number of ether oxygens (including phenoxy) is 1. The Balaban J connectivity index is 1.40. The van der Waals surface area contributed by atoms with Crippen molar-refractivity contribution in [2.75, 3.05) is 5.32 Å². The third kappa shape index (κ3) is 4.72. The molecule has 2 heterocycles. The molecule has 0 atom stereocenters. The Labute approximate surface area is 174 Å². The van der Waals surface area contributed by atoms with Crippen molar-refractivity contribution in [2.24, 2.45) is 4.99 Å². The highest BCUT2D eigenvalue weighted by atomic mass is 19.1. The van der Waals surface area contributed by atoms with E-state index in [1.54, 1.807) is 18.3 Å². The molecule has 0 unspecified atom stereocenters. The molecule has 150 valence electrons. The quantitative estimate of drug-likeness (QED) is 0.291. The number of anilines is 1. The van der Waals surface area contributed by atoms with Crippen LogP contribution < -0.4 is 10.1 Å². The topological polar surface area (TPSA) is 62.3 Å².